The van der Waals surface area contributed by atoms with E-state index in [4.69, 9.17) is 0 Å². The van der Waals surface area contributed by atoms with Crippen LogP contribution >= 0.6 is 0 Å². The molecule has 0 heterocycles. The van der Waals surface area contributed by atoms with E-state index >= 15 is 0 Å². The summed E-state index contributed by atoms with van der Waals surface area (Å²) in [5.41, 5.74) is 0. The molecule has 0 saturated heterocycles. The van der Waals surface area contributed by atoms with Crippen LogP contribution in [-0.2, 0) is 20.3 Å². The number of ether oxygens (including phenoxy) is 1. The van der Waals surface area contributed by atoms with E-state index in [0.29, 0.717) is 5.75 Å². The van der Waals surface area contributed by atoms with Crippen molar-refractivity contribution < 1.29 is 13.7 Å². The lowest BCUT2D eigenvalue weighted by molar-refractivity contribution is -0.144. The molecule has 0 aliphatic heterocycles. The summed E-state index contributed by atoms with van der Waals surface area (Å²) >= 11 is 0. The molecule has 0 amide bonds. The predicted molar refractivity (Wildman–Crippen MR) is 58.9 cm³/mol. The number of carbonyl (C=O) groups excluding carboxylic acids is 1. The monoisotopic (exact) mass is 226 g/mol. The van der Waals surface area contributed by atoms with Crippen LogP contribution in [0.1, 0.15) is 6.92 Å². The summed E-state index contributed by atoms with van der Waals surface area (Å²) in [6.07, 6.45) is 0. The molecule has 0 aliphatic carbocycles. The molecule has 0 saturated carbocycles. The molecule has 0 fully saturated rings. The van der Waals surface area contributed by atoms with Crippen LogP contribution in [0.15, 0.2) is 35.2 Å². The van der Waals surface area contributed by atoms with E-state index in [9.17, 15) is 9.00 Å². The van der Waals surface area contributed by atoms with Gasteiger partial charge in [0.25, 0.3) is 0 Å². The molecule has 2 atom stereocenters. The Kier molecular flexibility index (Phi) is 4.49. The van der Waals surface area contributed by atoms with Crippen LogP contribution in [-0.4, -0.2) is 23.0 Å². The van der Waals surface area contributed by atoms with Gasteiger partial charge in [-0.2, -0.15) is 0 Å². The van der Waals surface area contributed by atoms with Crippen LogP contribution in [0.3, 0.4) is 0 Å². The van der Waals surface area contributed by atoms with Crippen molar-refractivity contribution in [1.82, 2.24) is 0 Å². The maximum Gasteiger partial charge on any atom is 0.309 e. The zero-order chi connectivity index (χ0) is 11.3. The molecule has 1 aromatic carbocycles. The lowest BCUT2D eigenvalue weighted by Crippen LogP contribution is -2.19. The zero-order valence-corrected chi connectivity index (χ0v) is 9.62. The maximum atomic E-state index is 11.8. The van der Waals surface area contributed by atoms with Gasteiger partial charge in [-0.25, -0.2) is 0 Å². The fourth-order valence-corrected chi connectivity index (χ4v) is 2.41. The molecular weight excluding hydrogens is 212 g/mol. The van der Waals surface area contributed by atoms with E-state index < -0.39 is 10.8 Å². The SMILES string of the molecule is COC(=O)C(C)CS(=O)c1ccccc1. The van der Waals surface area contributed by atoms with Gasteiger partial charge < -0.3 is 4.74 Å². The van der Waals surface area contributed by atoms with Gasteiger partial charge in [-0.15, -0.1) is 0 Å². The summed E-state index contributed by atoms with van der Waals surface area (Å²) in [6.45, 7) is 1.71. The van der Waals surface area contributed by atoms with Gasteiger partial charge in [0.1, 0.15) is 0 Å². The van der Waals surface area contributed by atoms with Crippen molar-refractivity contribution in [3.63, 3.8) is 0 Å². The third-order valence-electron chi connectivity index (χ3n) is 2.01. The quantitative estimate of drug-likeness (QED) is 0.732. The highest BCUT2D eigenvalue weighted by Crippen LogP contribution is 2.10. The maximum absolute atomic E-state index is 11.8. The molecule has 0 aromatic heterocycles. The second-order valence-electron chi connectivity index (χ2n) is 3.25. The molecule has 1 aromatic rings. The Morgan fingerprint density at radius 2 is 2.00 bits per heavy atom. The molecule has 2 unspecified atom stereocenters. The summed E-state index contributed by atoms with van der Waals surface area (Å²) in [4.78, 5) is 11.9. The molecule has 15 heavy (non-hydrogen) atoms. The van der Waals surface area contributed by atoms with Gasteiger partial charge in [0, 0.05) is 10.6 Å². The lowest BCUT2D eigenvalue weighted by Gasteiger charge is -2.08. The molecule has 82 valence electrons. The van der Waals surface area contributed by atoms with Gasteiger partial charge in [-0.1, -0.05) is 25.1 Å². The molecule has 0 aliphatic rings. The van der Waals surface area contributed by atoms with Gasteiger partial charge >= 0.3 is 5.97 Å². The van der Waals surface area contributed by atoms with E-state index in [-0.39, 0.29) is 11.9 Å². The van der Waals surface area contributed by atoms with Crippen molar-refractivity contribution in [2.75, 3.05) is 12.9 Å². The summed E-state index contributed by atoms with van der Waals surface area (Å²) in [7, 11) is 0.201. The number of methoxy groups -OCH3 is 1. The molecule has 0 bridgehead atoms. The van der Waals surface area contributed by atoms with Crippen LogP contribution in [0.4, 0.5) is 0 Å². The van der Waals surface area contributed by atoms with Crippen LogP contribution in [0.25, 0.3) is 0 Å². The number of benzene rings is 1. The second kappa shape index (κ2) is 5.66. The molecule has 1 rings (SSSR count). The largest absolute Gasteiger partial charge is 0.469 e. The van der Waals surface area contributed by atoms with Gasteiger partial charge in [0.05, 0.1) is 23.8 Å². The van der Waals surface area contributed by atoms with Gasteiger partial charge in [-0.05, 0) is 12.1 Å². The number of rotatable bonds is 4. The number of hydrogen-bond acceptors (Lipinski definition) is 3. The first-order chi connectivity index (χ1) is 7.15. The minimum absolute atomic E-state index is 0.302. The highest BCUT2D eigenvalue weighted by atomic mass is 32.2. The molecule has 0 radical (unpaired) electrons. The Morgan fingerprint density at radius 3 is 2.53 bits per heavy atom. The topological polar surface area (TPSA) is 43.4 Å². The van der Waals surface area contributed by atoms with E-state index in [1.54, 1.807) is 19.1 Å². The number of esters is 1. The van der Waals surface area contributed by atoms with Crippen molar-refractivity contribution >= 4 is 16.8 Å². The summed E-state index contributed by atoms with van der Waals surface area (Å²) < 4.78 is 16.4. The molecule has 0 spiro atoms. The van der Waals surface area contributed by atoms with Crippen LogP contribution in [0.2, 0.25) is 0 Å². The predicted octanol–water partition coefficient (Wildman–Crippen LogP) is 1.60. The van der Waals surface area contributed by atoms with Gasteiger partial charge in [0.15, 0.2) is 0 Å². The van der Waals surface area contributed by atoms with Crippen molar-refractivity contribution in [3.05, 3.63) is 30.3 Å². The summed E-state index contributed by atoms with van der Waals surface area (Å²) in [5, 5.41) is 0. The van der Waals surface area contributed by atoms with Crippen LogP contribution in [0, 0.1) is 5.92 Å². The van der Waals surface area contributed by atoms with Gasteiger partial charge in [0.2, 0.25) is 0 Å². The Hall–Kier alpha value is -1.16. The fourth-order valence-electron chi connectivity index (χ4n) is 1.16. The van der Waals surface area contributed by atoms with E-state index in [1.807, 2.05) is 18.2 Å². The number of carbonyl (C=O) groups is 1. The lowest BCUT2D eigenvalue weighted by atomic mass is 10.2. The Morgan fingerprint density at radius 1 is 1.40 bits per heavy atom. The van der Waals surface area contributed by atoms with Gasteiger partial charge in [-0.3, -0.25) is 9.00 Å². The van der Waals surface area contributed by atoms with Crippen molar-refractivity contribution in [2.24, 2.45) is 5.92 Å². The van der Waals surface area contributed by atoms with Crippen molar-refractivity contribution in [3.8, 4) is 0 Å². The first-order valence-corrected chi connectivity index (χ1v) is 5.98. The standard InChI is InChI=1S/C11H14O3S/c1-9(11(12)14-2)8-15(13)10-6-4-3-5-7-10/h3-7,9H,8H2,1-2H3. The zero-order valence-electron chi connectivity index (χ0n) is 8.80. The summed E-state index contributed by atoms with van der Waals surface area (Å²) in [6, 6.07) is 9.11. The molecule has 3 nitrogen and oxygen atoms in total. The van der Waals surface area contributed by atoms with E-state index in [2.05, 4.69) is 4.74 Å². The van der Waals surface area contributed by atoms with Crippen molar-refractivity contribution in [1.29, 1.82) is 0 Å². The highest BCUT2D eigenvalue weighted by Gasteiger charge is 2.17. The average molecular weight is 226 g/mol. The Labute approximate surface area is 91.9 Å². The molecular formula is C11H14O3S. The minimum Gasteiger partial charge on any atom is -0.469 e. The highest BCUT2D eigenvalue weighted by molar-refractivity contribution is 7.85. The fraction of sp³-hybridized carbons (Fsp3) is 0.364. The van der Waals surface area contributed by atoms with E-state index in [0.717, 1.165) is 4.90 Å². The third-order valence-corrected chi connectivity index (χ3v) is 3.61. The van der Waals surface area contributed by atoms with Crippen LogP contribution in [0.5, 0.6) is 0 Å². The molecule has 4 heteroatoms. The Bertz CT molecular complexity index is 348. The first-order valence-electron chi connectivity index (χ1n) is 4.66. The number of hydrogen-bond donors (Lipinski definition) is 0. The van der Waals surface area contributed by atoms with E-state index in [1.165, 1.54) is 7.11 Å². The normalized spacial score (nSPS) is 14.3. The van der Waals surface area contributed by atoms with Crippen LogP contribution < -0.4 is 0 Å². The smallest absolute Gasteiger partial charge is 0.309 e. The Balaban J connectivity index is 2.61. The summed E-state index contributed by atoms with van der Waals surface area (Å²) in [5.74, 6) is -0.355. The second-order valence-corrected chi connectivity index (χ2v) is 4.75. The molecule has 0 N–H and O–H groups in total. The minimum atomic E-state index is -1.14. The van der Waals surface area contributed by atoms with Crippen molar-refractivity contribution in [2.45, 2.75) is 11.8 Å². The first kappa shape index (κ1) is 11.9. The average Bonchev–Trinajstić information content (AvgIpc) is 2.29. The third kappa shape index (κ3) is 3.47.